The van der Waals surface area contributed by atoms with Crippen LogP contribution >= 0.6 is 11.8 Å². The standard InChI is InChI=1S/C28H41N3O3S/c1-18(2)17-35-22-10-9-20(15-30-22)21-16-29-19(3)23(25(26(32)33)34-27(4,5)6)24(21)31-13-11-28(7,8)12-14-31/h9-10,15-16,18,25H,11-14,17H2,1-8H3,(H,32,33)/t25-/m0/s1. The molecule has 0 aliphatic carbocycles. The SMILES string of the molecule is Cc1ncc(-c2ccc(SCC(C)C)nc2)c(N2CCC(C)(C)CC2)c1[C@H](OC(C)(C)C)C(=O)O. The predicted octanol–water partition coefficient (Wildman–Crippen LogP) is 6.77. The number of aromatic nitrogens is 2. The molecule has 1 atom stereocenters. The Hall–Kier alpha value is -2.12. The van der Waals surface area contributed by atoms with Crippen molar-refractivity contribution in [3.05, 3.63) is 35.8 Å². The molecule has 0 aromatic carbocycles. The van der Waals surface area contributed by atoms with Crippen LogP contribution in [0, 0.1) is 18.3 Å². The van der Waals surface area contributed by atoms with Crippen molar-refractivity contribution in [1.29, 1.82) is 0 Å². The first-order valence-corrected chi connectivity index (χ1v) is 13.5. The van der Waals surface area contributed by atoms with Crippen LogP contribution in [-0.2, 0) is 9.53 Å². The summed E-state index contributed by atoms with van der Waals surface area (Å²) in [7, 11) is 0. The second kappa shape index (κ2) is 10.9. The highest BCUT2D eigenvalue weighted by Gasteiger charge is 2.35. The number of nitrogens with zero attached hydrogens (tertiary/aromatic N) is 3. The Bertz CT molecular complexity index is 1020. The number of hydrogen-bond acceptors (Lipinski definition) is 6. The van der Waals surface area contributed by atoms with Crippen LogP contribution in [-0.4, -0.2) is 45.5 Å². The maximum atomic E-state index is 12.5. The van der Waals surface area contributed by atoms with Gasteiger partial charge >= 0.3 is 5.97 Å². The smallest absolute Gasteiger partial charge is 0.337 e. The first kappa shape index (κ1) is 27.5. The van der Waals surface area contributed by atoms with Crippen LogP contribution in [0.3, 0.4) is 0 Å². The predicted molar refractivity (Wildman–Crippen MR) is 144 cm³/mol. The third-order valence-electron chi connectivity index (χ3n) is 6.29. The summed E-state index contributed by atoms with van der Waals surface area (Å²) >= 11 is 1.75. The number of carboxylic acid groups (broad SMARTS) is 1. The van der Waals surface area contributed by atoms with Gasteiger partial charge in [0.1, 0.15) is 0 Å². The third kappa shape index (κ3) is 7.20. The number of pyridine rings is 2. The van der Waals surface area contributed by atoms with Crippen LogP contribution in [0.2, 0.25) is 0 Å². The van der Waals surface area contributed by atoms with Crippen molar-refractivity contribution in [3.8, 4) is 11.1 Å². The Labute approximate surface area is 214 Å². The van der Waals surface area contributed by atoms with E-state index in [1.54, 1.807) is 11.8 Å². The molecule has 0 saturated carbocycles. The summed E-state index contributed by atoms with van der Waals surface area (Å²) in [6.07, 6.45) is 4.71. The van der Waals surface area contributed by atoms with E-state index in [2.05, 4.69) is 43.6 Å². The fraction of sp³-hybridized carbons (Fsp3) is 0.607. The number of piperidine rings is 1. The van der Waals surface area contributed by atoms with E-state index in [0.29, 0.717) is 17.2 Å². The summed E-state index contributed by atoms with van der Waals surface area (Å²) in [5.41, 5.74) is 3.72. The molecule has 1 aliphatic heterocycles. The van der Waals surface area contributed by atoms with Crippen LogP contribution in [0.4, 0.5) is 5.69 Å². The number of ether oxygens (including phenoxy) is 1. The van der Waals surface area contributed by atoms with E-state index in [0.717, 1.165) is 53.5 Å². The zero-order chi connectivity index (χ0) is 26.0. The molecule has 6 nitrogen and oxygen atoms in total. The van der Waals surface area contributed by atoms with Gasteiger partial charge in [0.2, 0.25) is 0 Å². The number of rotatable bonds is 8. The Morgan fingerprint density at radius 1 is 1.17 bits per heavy atom. The van der Waals surface area contributed by atoms with E-state index in [-0.39, 0.29) is 5.41 Å². The number of carbonyl (C=O) groups is 1. The Morgan fingerprint density at radius 3 is 2.34 bits per heavy atom. The molecule has 2 aromatic rings. The van der Waals surface area contributed by atoms with Crippen molar-refractivity contribution in [2.45, 2.75) is 85.0 Å². The van der Waals surface area contributed by atoms with Crippen LogP contribution in [0.5, 0.6) is 0 Å². The van der Waals surface area contributed by atoms with E-state index in [4.69, 9.17) is 9.72 Å². The minimum Gasteiger partial charge on any atom is -0.479 e. The van der Waals surface area contributed by atoms with Gasteiger partial charge in [0.05, 0.1) is 16.3 Å². The van der Waals surface area contributed by atoms with Gasteiger partial charge in [-0.15, -0.1) is 11.8 Å². The number of hydrogen-bond donors (Lipinski definition) is 1. The van der Waals surface area contributed by atoms with Crippen molar-refractivity contribution in [2.24, 2.45) is 11.3 Å². The summed E-state index contributed by atoms with van der Waals surface area (Å²) in [5, 5.41) is 11.2. The molecule has 1 saturated heterocycles. The maximum absolute atomic E-state index is 12.5. The summed E-state index contributed by atoms with van der Waals surface area (Å²) in [4.78, 5) is 24.2. The van der Waals surface area contributed by atoms with Gasteiger partial charge in [-0.25, -0.2) is 9.78 Å². The van der Waals surface area contributed by atoms with E-state index in [9.17, 15) is 9.90 Å². The van der Waals surface area contributed by atoms with Gasteiger partial charge in [-0.3, -0.25) is 4.98 Å². The molecule has 0 unspecified atom stereocenters. The van der Waals surface area contributed by atoms with Gasteiger partial charge in [0.15, 0.2) is 6.10 Å². The summed E-state index contributed by atoms with van der Waals surface area (Å²) in [6, 6.07) is 4.12. The molecule has 1 fully saturated rings. The Balaban J connectivity index is 2.13. The largest absolute Gasteiger partial charge is 0.479 e. The second-order valence-electron chi connectivity index (χ2n) is 11.7. The Morgan fingerprint density at radius 2 is 1.83 bits per heavy atom. The molecule has 0 spiro atoms. The average Bonchev–Trinajstić information content (AvgIpc) is 2.76. The van der Waals surface area contributed by atoms with Gasteiger partial charge < -0.3 is 14.7 Å². The third-order valence-corrected chi connectivity index (χ3v) is 7.66. The molecule has 7 heteroatoms. The summed E-state index contributed by atoms with van der Waals surface area (Å²) in [6.45, 7) is 18.2. The highest BCUT2D eigenvalue weighted by molar-refractivity contribution is 7.99. The van der Waals surface area contributed by atoms with Crippen LogP contribution in [0.15, 0.2) is 29.6 Å². The molecule has 3 heterocycles. The van der Waals surface area contributed by atoms with Crippen molar-refractivity contribution in [3.63, 3.8) is 0 Å². The number of thioether (sulfide) groups is 1. The summed E-state index contributed by atoms with van der Waals surface area (Å²) < 4.78 is 6.12. The minimum atomic E-state index is -1.11. The van der Waals surface area contributed by atoms with Gasteiger partial charge in [0.25, 0.3) is 0 Å². The topological polar surface area (TPSA) is 75.5 Å². The lowest BCUT2D eigenvalue weighted by Gasteiger charge is -2.40. The molecule has 1 N–H and O–H groups in total. The highest BCUT2D eigenvalue weighted by atomic mass is 32.2. The van der Waals surface area contributed by atoms with Gasteiger partial charge in [0, 0.05) is 53.6 Å². The van der Waals surface area contributed by atoms with Crippen molar-refractivity contribution in [1.82, 2.24) is 9.97 Å². The van der Waals surface area contributed by atoms with Crippen LogP contribution in [0.1, 0.15) is 78.7 Å². The molecule has 0 amide bonds. The minimum absolute atomic E-state index is 0.268. The van der Waals surface area contributed by atoms with Crippen molar-refractivity contribution in [2.75, 3.05) is 23.7 Å². The monoisotopic (exact) mass is 499 g/mol. The molecule has 0 radical (unpaired) electrons. The molecule has 1 aliphatic rings. The Kier molecular flexibility index (Phi) is 8.53. The van der Waals surface area contributed by atoms with E-state index in [1.165, 1.54) is 0 Å². The number of anilines is 1. The van der Waals surface area contributed by atoms with Crippen molar-refractivity contribution >= 4 is 23.4 Å². The molecule has 2 aromatic heterocycles. The lowest BCUT2D eigenvalue weighted by molar-refractivity contribution is -0.160. The van der Waals surface area contributed by atoms with E-state index in [1.807, 2.05) is 46.2 Å². The zero-order valence-electron chi connectivity index (χ0n) is 22.5. The quantitative estimate of drug-likeness (QED) is 0.402. The van der Waals surface area contributed by atoms with E-state index < -0.39 is 17.7 Å². The normalized spacial score (nSPS) is 17.0. The molecule has 35 heavy (non-hydrogen) atoms. The first-order chi connectivity index (χ1) is 16.3. The van der Waals surface area contributed by atoms with E-state index >= 15 is 0 Å². The second-order valence-corrected chi connectivity index (χ2v) is 12.7. The summed E-state index contributed by atoms with van der Waals surface area (Å²) in [5.74, 6) is 0.608. The van der Waals surface area contributed by atoms with Crippen molar-refractivity contribution < 1.29 is 14.6 Å². The van der Waals surface area contributed by atoms with Gasteiger partial charge in [-0.1, -0.05) is 33.8 Å². The zero-order valence-corrected chi connectivity index (χ0v) is 23.3. The lowest BCUT2D eigenvalue weighted by atomic mass is 9.82. The van der Waals surface area contributed by atoms with Gasteiger partial charge in [-0.2, -0.15) is 0 Å². The molecule has 3 rings (SSSR count). The first-order valence-electron chi connectivity index (χ1n) is 12.5. The number of aryl methyl sites for hydroxylation is 1. The fourth-order valence-corrected chi connectivity index (χ4v) is 5.07. The molecule has 192 valence electrons. The fourth-order valence-electron chi connectivity index (χ4n) is 4.27. The molecular weight excluding hydrogens is 458 g/mol. The van der Waals surface area contributed by atoms with Crippen LogP contribution in [0.25, 0.3) is 11.1 Å². The number of aliphatic carboxylic acids is 1. The maximum Gasteiger partial charge on any atom is 0.337 e. The average molecular weight is 500 g/mol. The highest BCUT2D eigenvalue weighted by Crippen LogP contribution is 2.43. The number of carboxylic acids is 1. The lowest BCUT2D eigenvalue weighted by Crippen LogP contribution is -2.39. The van der Waals surface area contributed by atoms with Gasteiger partial charge in [-0.05, 0) is 57.9 Å². The molecular formula is C28H41N3O3S. The molecule has 0 bridgehead atoms. The van der Waals surface area contributed by atoms with Crippen LogP contribution < -0.4 is 4.90 Å².